The molecule has 17 heavy (non-hydrogen) atoms. The zero-order valence-corrected chi connectivity index (χ0v) is 13.9. The molecule has 0 aromatic heterocycles. The van der Waals surface area contributed by atoms with Crippen molar-refractivity contribution in [2.45, 2.75) is 89.6 Å². The first-order valence-electron chi connectivity index (χ1n) is 7.28. The van der Waals surface area contributed by atoms with Crippen molar-refractivity contribution in [1.29, 1.82) is 0 Å². The first kappa shape index (κ1) is 15.2. The largest absolute Gasteiger partial charge is 0.393 e. The number of aliphatic hydroxyl groups excluding tert-OH is 1. The average molecular weight is 257 g/mol. The SMILES string of the molecule is CCCC[C@]1([Si](C)(C)C(C)(C)C)C[C@H]1[C@@H](C)O. The molecule has 0 saturated heterocycles. The highest BCUT2D eigenvalue weighted by Crippen LogP contribution is 2.74. The molecule has 1 aliphatic carbocycles. The summed E-state index contributed by atoms with van der Waals surface area (Å²) in [4.78, 5) is 0. The molecule has 1 rings (SSSR count). The molecule has 0 radical (unpaired) electrons. The smallest absolute Gasteiger partial charge is 0.0594 e. The zero-order valence-electron chi connectivity index (χ0n) is 12.9. The molecule has 0 heterocycles. The fraction of sp³-hybridized carbons (Fsp3) is 1.00. The van der Waals surface area contributed by atoms with Crippen LogP contribution < -0.4 is 0 Å². The van der Waals surface area contributed by atoms with E-state index in [0.29, 0.717) is 16.0 Å². The van der Waals surface area contributed by atoms with E-state index in [9.17, 15) is 5.11 Å². The Morgan fingerprint density at radius 3 is 2.18 bits per heavy atom. The summed E-state index contributed by atoms with van der Waals surface area (Å²) in [5, 5.41) is 10.9. The van der Waals surface area contributed by atoms with Crippen molar-refractivity contribution < 1.29 is 5.11 Å². The lowest BCUT2D eigenvalue weighted by molar-refractivity contribution is 0.163. The molecule has 0 spiro atoms. The molecule has 2 heteroatoms. The van der Waals surface area contributed by atoms with Crippen LogP contribution in [0.4, 0.5) is 0 Å². The van der Waals surface area contributed by atoms with E-state index < -0.39 is 8.07 Å². The molecule has 1 saturated carbocycles. The molecule has 0 aliphatic heterocycles. The van der Waals surface area contributed by atoms with Crippen molar-refractivity contribution in [1.82, 2.24) is 0 Å². The number of rotatable bonds is 5. The third-order valence-corrected chi connectivity index (χ3v) is 12.9. The lowest BCUT2D eigenvalue weighted by Gasteiger charge is -2.45. The molecule has 1 aliphatic rings. The third-order valence-electron chi connectivity index (χ3n) is 5.81. The van der Waals surface area contributed by atoms with Gasteiger partial charge in [-0.15, -0.1) is 0 Å². The van der Waals surface area contributed by atoms with Crippen molar-refractivity contribution in [3.63, 3.8) is 0 Å². The fourth-order valence-electron chi connectivity index (χ4n) is 3.52. The van der Waals surface area contributed by atoms with Gasteiger partial charge in [-0.3, -0.25) is 0 Å². The van der Waals surface area contributed by atoms with Gasteiger partial charge in [0, 0.05) is 0 Å². The first-order chi connectivity index (χ1) is 7.60. The Morgan fingerprint density at radius 1 is 1.35 bits per heavy atom. The van der Waals surface area contributed by atoms with E-state index in [1.54, 1.807) is 0 Å². The average Bonchev–Trinajstić information content (AvgIpc) is 2.89. The zero-order chi connectivity index (χ0) is 13.5. The molecule has 102 valence electrons. The monoisotopic (exact) mass is 256 g/mol. The van der Waals surface area contributed by atoms with Crippen molar-refractivity contribution in [3.05, 3.63) is 0 Å². The molecule has 0 amide bonds. The number of aliphatic hydroxyl groups is 1. The van der Waals surface area contributed by atoms with Gasteiger partial charge < -0.3 is 5.11 Å². The van der Waals surface area contributed by atoms with Gasteiger partial charge in [-0.25, -0.2) is 0 Å². The summed E-state index contributed by atoms with van der Waals surface area (Å²) in [6.45, 7) is 16.6. The second-order valence-electron chi connectivity index (χ2n) is 7.69. The van der Waals surface area contributed by atoms with Gasteiger partial charge in [-0.1, -0.05) is 53.6 Å². The highest BCUT2D eigenvalue weighted by atomic mass is 28.3. The van der Waals surface area contributed by atoms with E-state index >= 15 is 0 Å². The Bertz CT molecular complexity index is 265. The Balaban J connectivity index is 2.94. The molecule has 1 N–H and O–H groups in total. The maximum atomic E-state index is 9.98. The van der Waals surface area contributed by atoms with Crippen LogP contribution in [-0.2, 0) is 0 Å². The lowest BCUT2D eigenvalue weighted by atomic mass is 10.1. The van der Waals surface area contributed by atoms with Crippen LogP contribution in [-0.4, -0.2) is 19.3 Å². The summed E-state index contributed by atoms with van der Waals surface area (Å²) in [5.41, 5.74) is 0. The molecule has 3 atom stereocenters. The van der Waals surface area contributed by atoms with Crippen molar-refractivity contribution in [2.24, 2.45) is 5.92 Å². The van der Waals surface area contributed by atoms with Gasteiger partial charge in [0.2, 0.25) is 0 Å². The van der Waals surface area contributed by atoms with Crippen LogP contribution in [0.2, 0.25) is 23.2 Å². The minimum atomic E-state index is -1.34. The maximum Gasteiger partial charge on any atom is 0.0594 e. The van der Waals surface area contributed by atoms with Crippen LogP contribution in [0.15, 0.2) is 0 Å². The molecule has 0 aromatic carbocycles. The Labute approximate surface area is 109 Å². The standard InChI is InChI=1S/C15H32OSi/c1-8-9-10-15(11-13(15)12(2)16)17(6,7)14(3,4)5/h12-13,16H,8-11H2,1-7H3/t12-,13+,15+/m1/s1. The topological polar surface area (TPSA) is 20.2 Å². The lowest BCUT2D eigenvalue weighted by Crippen LogP contribution is -2.45. The van der Waals surface area contributed by atoms with Gasteiger partial charge in [0.05, 0.1) is 14.2 Å². The van der Waals surface area contributed by atoms with Crippen molar-refractivity contribution in [2.75, 3.05) is 0 Å². The molecule has 1 nitrogen and oxygen atoms in total. The molecule has 0 bridgehead atoms. The van der Waals surface area contributed by atoms with E-state index in [4.69, 9.17) is 0 Å². The first-order valence-corrected chi connectivity index (χ1v) is 10.3. The van der Waals surface area contributed by atoms with Crippen LogP contribution in [0.5, 0.6) is 0 Å². The minimum absolute atomic E-state index is 0.110. The quantitative estimate of drug-likeness (QED) is 0.699. The van der Waals surface area contributed by atoms with E-state index in [2.05, 4.69) is 40.8 Å². The van der Waals surface area contributed by atoms with Crippen LogP contribution in [0.3, 0.4) is 0 Å². The number of unbranched alkanes of at least 4 members (excludes halogenated alkanes) is 1. The van der Waals surface area contributed by atoms with Gasteiger partial charge in [-0.2, -0.15) is 0 Å². The van der Waals surface area contributed by atoms with Crippen molar-refractivity contribution >= 4 is 8.07 Å². The molecule has 0 aromatic rings. The van der Waals surface area contributed by atoms with Gasteiger partial charge in [0.15, 0.2) is 0 Å². The van der Waals surface area contributed by atoms with E-state index in [-0.39, 0.29) is 6.10 Å². The number of hydrogen-bond acceptors (Lipinski definition) is 1. The third kappa shape index (κ3) is 2.48. The summed E-state index contributed by atoms with van der Waals surface area (Å²) < 4.78 is 0. The second-order valence-corrected chi connectivity index (χ2v) is 13.4. The number of hydrogen-bond donors (Lipinski definition) is 1. The van der Waals surface area contributed by atoms with Gasteiger partial charge >= 0.3 is 0 Å². The van der Waals surface area contributed by atoms with Crippen LogP contribution >= 0.6 is 0 Å². The van der Waals surface area contributed by atoms with Gasteiger partial charge in [0.25, 0.3) is 0 Å². The normalized spacial score (nSPS) is 31.4. The molecule has 0 unspecified atom stereocenters. The van der Waals surface area contributed by atoms with Gasteiger partial charge in [-0.05, 0) is 35.8 Å². The van der Waals surface area contributed by atoms with Crippen LogP contribution in [0, 0.1) is 5.92 Å². The highest BCUT2D eigenvalue weighted by Gasteiger charge is 2.66. The summed E-state index contributed by atoms with van der Waals surface area (Å²) >= 11 is 0. The summed E-state index contributed by atoms with van der Waals surface area (Å²) in [5.74, 6) is 0.579. The summed E-state index contributed by atoms with van der Waals surface area (Å²) in [6.07, 6.45) is 5.12. The van der Waals surface area contributed by atoms with E-state index in [1.165, 1.54) is 25.7 Å². The summed E-state index contributed by atoms with van der Waals surface area (Å²) in [7, 11) is -1.34. The van der Waals surface area contributed by atoms with Crippen LogP contribution in [0.1, 0.15) is 60.3 Å². The van der Waals surface area contributed by atoms with E-state index in [1.807, 2.05) is 6.92 Å². The molecular weight excluding hydrogens is 224 g/mol. The summed E-state index contributed by atoms with van der Waals surface area (Å²) in [6, 6.07) is 0. The molecular formula is C15H32OSi. The predicted molar refractivity (Wildman–Crippen MR) is 79.2 cm³/mol. The Hall–Kier alpha value is 0.177. The Morgan fingerprint density at radius 2 is 1.88 bits per heavy atom. The minimum Gasteiger partial charge on any atom is -0.393 e. The predicted octanol–water partition coefficient (Wildman–Crippen LogP) is 4.83. The van der Waals surface area contributed by atoms with Crippen molar-refractivity contribution in [3.8, 4) is 0 Å². The maximum absolute atomic E-state index is 9.98. The van der Waals surface area contributed by atoms with Gasteiger partial charge in [0.1, 0.15) is 0 Å². The fourth-order valence-corrected chi connectivity index (χ4v) is 7.72. The second kappa shape index (κ2) is 4.69. The Kier molecular flexibility index (Phi) is 4.21. The highest BCUT2D eigenvalue weighted by molar-refractivity contribution is 6.83. The molecule has 1 fully saturated rings. The van der Waals surface area contributed by atoms with Crippen LogP contribution in [0.25, 0.3) is 0 Å². The van der Waals surface area contributed by atoms with E-state index in [0.717, 1.165) is 0 Å².